The molecule has 2 rings (SSSR count). The molecule has 1 atom stereocenters. The fourth-order valence-electron chi connectivity index (χ4n) is 1.81. The first-order chi connectivity index (χ1) is 7.02. The number of fused-ring (bicyclic) bond motifs is 1. The average molecular weight is 244 g/mol. The van der Waals surface area contributed by atoms with Crippen molar-refractivity contribution >= 4 is 34.1 Å². The van der Waals surface area contributed by atoms with Gasteiger partial charge in [0.1, 0.15) is 5.15 Å². The van der Waals surface area contributed by atoms with Gasteiger partial charge in [0.25, 0.3) is 0 Å². The quantitative estimate of drug-likeness (QED) is 0.815. The van der Waals surface area contributed by atoms with Crippen LogP contribution in [0.3, 0.4) is 0 Å². The Bertz CT molecular complexity index is 517. The SMILES string of the molecule is CC(O)c1c(Cl)n(C)c2cc(Cl)ccc12. The Kier molecular flexibility index (Phi) is 2.67. The number of hydrogen-bond acceptors (Lipinski definition) is 1. The molecule has 15 heavy (non-hydrogen) atoms. The van der Waals surface area contributed by atoms with Crippen LogP contribution in [0.15, 0.2) is 18.2 Å². The van der Waals surface area contributed by atoms with Crippen molar-refractivity contribution in [1.29, 1.82) is 0 Å². The van der Waals surface area contributed by atoms with Gasteiger partial charge in [0.2, 0.25) is 0 Å². The van der Waals surface area contributed by atoms with E-state index in [4.69, 9.17) is 23.2 Å². The summed E-state index contributed by atoms with van der Waals surface area (Å²) in [5, 5.41) is 11.8. The summed E-state index contributed by atoms with van der Waals surface area (Å²) in [6.45, 7) is 1.70. The summed E-state index contributed by atoms with van der Waals surface area (Å²) in [4.78, 5) is 0. The topological polar surface area (TPSA) is 25.2 Å². The Morgan fingerprint density at radius 1 is 1.33 bits per heavy atom. The van der Waals surface area contributed by atoms with E-state index in [0.717, 1.165) is 16.5 Å². The number of aromatic nitrogens is 1. The molecule has 1 aromatic carbocycles. The predicted molar refractivity (Wildman–Crippen MR) is 63.6 cm³/mol. The molecule has 0 spiro atoms. The number of aliphatic hydroxyl groups is 1. The lowest BCUT2D eigenvalue weighted by molar-refractivity contribution is 0.201. The molecule has 2 aromatic rings. The highest BCUT2D eigenvalue weighted by molar-refractivity contribution is 6.33. The standard InChI is InChI=1S/C11H11Cl2NO/c1-6(15)10-8-4-3-7(12)5-9(8)14(2)11(10)13/h3-6,15H,1-2H3. The highest BCUT2D eigenvalue weighted by Gasteiger charge is 2.17. The summed E-state index contributed by atoms with van der Waals surface area (Å²) in [6.07, 6.45) is -0.581. The van der Waals surface area contributed by atoms with Crippen molar-refractivity contribution in [3.8, 4) is 0 Å². The largest absolute Gasteiger partial charge is 0.389 e. The van der Waals surface area contributed by atoms with Gasteiger partial charge in [-0.2, -0.15) is 0 Å². The summed E-state index contributed by atoms with van der Waals surface area (Å²) in [6, 6.07) is 5.52. The van der Waals surface area contributed by atoms with E-state index in [1.165, 1.54) is 0 Å². The van der Waals surface area contributed by atoms with Crippen LogP contribution in [0.5, 0.6) is 0 Å². The second-order valence-corrected chi connectivity index (χ2v) is 4.40. The van der Waals surface area contributed by atoms with Crippen LogP contribution < -0.4 is 0 Å². The van der Waals surface area contributed by atoms with Gasteiger partial charge >= 0.3 is 0 Å². The molecule has 0 amide bonds. The Balaban J connectivity index is 2.87. The summed E-state index contributed by atoms with van der Waals surface area (Å²) >= 11 is 12.1. The second kappa shape index (κ2) is 3.71. The van der Waals surface area contributed by atoms with Crippen molar-refractivity contribution in [2.24, 2.45) is 7.05 Å². The minimum atomic E-state index is -0.581. The average Bonchev–Trinajstić information content (AvgIpc) is 2.41. The number of benzene rings is 1. The Morgan fingerprint density at radius 2 is 2.00 bits per heavy atom. The Labute approximate surface area is 98.0 Å². The molecule has 2 nitrogen and oxygen atoms in total. The van der Waals surface area contributed by atoms with Gasteiger partial charge in [-0.05, 0) is 19.1 Å². The fourth-order valence-corrected chi connectivity index (χ4v) is 2.32. The summed E-state index contributed by atoms with van der Waals surface area (Å²) in [7, 11) is 1.85. The monoisotopic (exact) mass is 243 g/mol. The van der Waals surface area contributed by atoms with Gasteiger partial charge in [-0.25, -0.2) is 0 Å². The maximum atomic E-state index is 9.65. The van der Waals surface area contributed by atoms with Gasteiger partial charge in [-0.3, -0.25) is 0 Å². The molecule has 1 heterocycles. The van der Waals surface area contributed by atoms with E-state index in [-0.39, 0.29) is 0 Å². The molecular weight excluding hydrogens is 233 g/mol. The Morgan fingerprint density at radius 3 is 2.60 bits per heavy atom. The number of halogens is 2. The van der Waals surface area contributed by atoms with Gasteiger partial charge in [0.05, 0.1) is 11.6 Å². The van der Waals surface area contributed by atoms with Crippen LogP contribution in [0.1, 0.15) is 18.6 Å². The minimum absolute atomic E-state index is 0.558. The molecule has 0 saturated carbocycles. The lowest BCUT2D eigenvalue weighted by Crippen LogP contribution is -1.91. The van der Waals surface area contributed by atoms with Crippen LogP contribution in [0.4, 0.5) is 0 Å². The van der Waals surface area contributed by atoms with E-state index < -0.39 is 6.10 Å². The molecule has 1 aromatic heterocycles. The van der Waals surface area contributed by atoms with Crippen LogP contribution >= 0.6 is 23.2 Å². The van der Waals surface area contributed by atoms with Gasteiger partial charge in [0, 0.05) is 23.0 Å². The van der Waals surface area contributed by atoms with E-state index in [2.05, 4.69) is 0 Å². The van der Waals surface area contributed by atoms with E-state index in [1.54, 1.807) is 13.0 Å². The van der Waals surface area contributed by atoms with Crippen molar-refractivity contribution in [2.45, 2.75) is 13.0 Å². The number of aryl methyl sites for hydroxylation is 1. The maximum absolute atomic E-state index is 9.65. The Hall–Kier alpha value is -0.700. The molecule has 0 aliphatic heterocycles. The first kappa shape index (κ1) is 10.8. The molecule has 0 aliphatic carbocycles. The third-order valence-corrected chi connectivity index (χ3v) is 3.24. The molecule has 0 bridgehead atoms. The minimum Gasteiger partial charge on any atom is -0.389 e. The predicted octanol–water partition coefficient (Wildman–Crippen LogP) is 3.54. The molecule has 0 radical (unpaired) electrons. The van der Waals surface area contributed by atoms with E-state index in [1.807, 2.05) is 23.7 Å². The van der Waals surface area contributed by atoms with E-state index in [0.29, 0.717) is 10.2 Å². The summed E-state index contributed by atoms with van der Waals surface area (Å²) in [5.41, 5.74) is 1.69. The molecule has 0 fully saturated rings. The van der Waals surface area contributed by atoms with Crippen LogP contribution in [-0.2, 0) is 7.05 Å². The van der Waals surface area contributed by atoms with Crippen molar-refractivity contribution in [2.75, 3.05) is 0 Å². The van der Waals surface area contributed by atoms with Gasteiger partial charge in [-0.1, -0.05) is 29.3 Å². The zero-order chi connectivity index (χ0) is 11.2. The van der Waals surface area contributed by atoms with Crippen molar-refractivity contribution in [3.63, 3.8) is 0 Å². The smallest absolute Gasteiger partial charge is 0.115 e. The molecular formula is C11H11Cl2NO. The highest BCUT2D eigenvalue weighted by atomic mass is 35.5. The van der Waals surface area contributed by atoms with Gasteiger partial charge in [0.15, 0.2) is 0 Å². The van der Waals surface area contributed by atoms with Gasteiger partial charge < -0.3 is 9.67 Å². The van der Waals surface area contributed by atoms with E-state index >= 15 is 0 Å². The molecule has 1 unspecified atom stereocenters. The number of rotatable bonds is 1. The lowest BCUT2D eigenvalue weighted by Gasteiger charge is -2.02. The third kappa shape index (κ3) is 1.63. The third-order valence-electron chi connectivity index (χ3n) is 2.55. The van der Waals surface area contributed by atoms with Crippen LogP contribution in [0.2, 0.25) is 10.2 Å². The molecule has 80 valence electrons. The zero-order valence-electron chi connectivity index (χ0n) is 8.46. The summed E-state index contributed by atoms with van der Waals surface area (Å²) in [5.74, 6) is 0. The summed E-state index contributed by atoms with van der Waals surface area (Å²) < 4.78 is 1.82. The number of aliphatic hydroxyl groups excluding tert-OH is 1. The molecule has 4 heteroatoms. The van der Waals surface area contributed by atoms with Gasteiger partial charge in [-0.15, -0.1) is 0 Å². The van der Waals surface area contributed by atoms with E-state index in [9.17, 15) is 5.11 Å². The van der Waals surface area contributed by atoms with Crippen LogP contribution in [0.25, 0.3) is 10.9 Å². The van der Waals surface area contributed by atoms with Crippen molar-refractivity contribution < 1.29 is 5.11 Å². The lowest BCUT2D eigenvalue weighted by atomic mass is 10.1. The van der Waals surface area contributed by atoms with Crippen molar-refractivity contribution in [1.82, 2.24) is 4.57 Å². The molecule has 0 aliphatic rings. The van der Waals surface area contributed by atoms with Crippen LogP contribution in [-0.4, -0.2) is 9.67 Å². The molecule has 1 N–H and O–H groups in total. The second-order valence-electron chi connectivity index (χ2n) is 3.60. The first-order valence-corrected chi connectivity index (χ1v) is 5.39. The number of nitrogens with zero attached hydrogens (tertiary/aromatic N) is 1. The van der Waals surface area contributed by atoms with Crippen molar-refractivity contribution in [3.05, 3.63) is 33.9 Å². The normalized spacial score (nSPS) is 13.4. The molecule has 0 saturated heterocycles. The highest BCUT2D eigenvalue weighted by Crippen LogP contribution is 2.34. The maximum Gasteiger partial charge on any atom is 0.115 e. The zero-order valence-corrected chi connectivity index (χ0v) is 9.97. The first-order valence-electron chi connectivity index (χ1n) is 4.63. The van der Waals surface area contributed by atoms with Crippen LogP contribution in [0, 0.1) is 0 Å². The number of hydrogen-bond donors (Lipinski definition) is 1. The fraction of sp³-hybridized carbons (Fsp3) is 0.273.